The van der Waals surface area contributed by atoms with E-state index in [0.717, 1.165) is 24.1 Å². The molecule has 0 saturated carbocycles. The van der Waals surface area contributed by atoms with E-state index >= 15 is 0 Å². The van der Waals surface area contributed by atoms with Crippen LogP contribution >= 0.6 is 23.2 Å². The molecule has 0 N–H and O–H groups in total. The largest absolute Gasteiger partial charge is 0.261 e. The molecule has 2 atom stereocenters. The standard InChI is InChI=1S/C17H20Cl2N2/c1-11(14-7-6-13(3)20-9-14)4-5-12(2)15-10-21-17(19)8-16(15)18/h6-12H,4-5H2,1-3H3. The number of halogens is 2. The van der Waals surface area contributed by atoms with E-state index in [1.807, 2.05) is 13.1 Å². The van der Waals surface area contributed by atoms with E-state index in [1.165, 1.54) is 5.56 Å². The Bertz CT molecular complexity index is 596. The van der Waals surface area contributed by atoms with Crippen LogP contribution < -0.4 is 0 Å². The minimum absolute atomic E-state index is 0.364. The van der Waals surface area contributed by atoms with Gasteiger partial charge in [0.1, 0.15) is 5.15 Å². The molecule has 2 aromatic rings. The quantitative estimate of drug-likeness (QED) is 0.652. The first-order valence-corrected chi connectivity index (χ1v) is 7.96. The maximum absolute atomic E-state index is 6.24. The zero-order valence-corrected chi connectivity index (χ0v) is 14.1. The minimum atomic E-state index is 0.364. The molecule has 0 radical (unpaired) electrons. The van der Waals surface area contributed by atoms with Crippen molar-refractivity contribution < 1.29 is 0 Å². The molecule has 21 heavy (non-hydrogen) atoms. The maximum atomic E-state index is 6.24. The summed E-state index contributed by atoms with van der Waals surface area (Å²) < 4.78 is 0. The fourth-order valence-corrected chi connectivity index (χ4v) is 2.93. The van der Waals surface area contributed by atoms with Gasteiger partial charge in [-0.15, -0.1) is 0 Å². The van der Waals surface area contributed by atoms with Crippen molar-refractivity contribution in [3.63, 3.8) is 0 Å². The van der Waals surface area contributed by atoms with E-state index in [4.69, 9.17) is 23.2 Å². The topological polar surface area (TPSA) is 25.8 Å². The summed E-state index contributed by atoms with van der Waals surface area (Å²) in [5, 5.41) is 1.14. The van der Waals surface area contributed by atoms with Crippen LogP contribution in [0.4, 0.5) is 0 Å². The van der Waals surface area contributed by atoms with Crippen molar-refractivity contribution in [1.29, 1.82) is 0 Å². The number of aryl methyl sites for hydroxylation is 1. The highest BCUT2D eigenvalue weighted by atomic mass is 35.5. The first kappa shape index (κ1) is 16.3. The van der Waals surface area contributed by atoms with Crippen LogP contribution in [0, 0.1) is 6.92 Å². The molecule has 2 nitrogen and oxygen atoms in total. The van der Waals surface area contributed by atoms with Gasteiger partial charge in [-0.05, 0) is 54.9 Å². The van der Waals surface area contributed by atoms with E-state index in [1.54, 1.807) is 12.3 Å². The van der Waals surface area contributed by atoms with Gasteiger partial charge in [-0.3, -0.25) is 4.98 Å². The number of hydrogen-bond acceptors (Lipinski definition) is 2. The van der Waals surface area contributed by atoms with Gasteiger partial charge in [0.15, 0.2) is 0 Å². The van der Waals surface area contributed by atoms with Crippen molar-refractivity contribution in [3.8, 4) is 0 Å². The second kappa shape index (κ2) is 7.24. The smallest absolute Gasteiger partial charge is 0.130 e. The Morgan fingerprint density at radius 3 is 2.33 bits per heavy atom. The average Bonchev–Trinajstić information content (AvgIpc) is 2.45. The van der Waals surface area contributed by atoms with Crippen molar-refractivity contribution in [1.82, 2.24) is 9.97 Å². The zero-order chi connectivity index (χ0) is 15.4. The van der Waals surface area contributed by atoms with Gasteiger partial charge in [0, 0.05) is 23.1 Å². The molecule has 2 rings (SSSR count). The molecule has 0 fully saturated rings. The molecule has 0 aliphatic rings. The number of aromatic nitrogens is 2. The van der Waals surface area contributed by atoms with Gasteiger partial charge in [0.25, 0.3) is 0 Å². The van der Waals surface area contributed by atoms with E-state index in [-0.39, 0.29) is 0 Å². The summed E-state index contributed by atoms with van der Waals surface area (Å²) in [5.74, 6) is 0.850. The molecule has 0 aliphatic carbocycles. The fourth-order valence-electron chi connectivity index (χ4n) is 2.37. The Morgan fingerprint density at radius 1 is 1.00 bits per heavy atom. The first-order valence-electron chi connectivity index (χ1n) is 7.21. The molecule has 0 saturated heterocycles. The zero-order valence-electron chi connectivity index (χ0n) is 12.6. The molecule has 0 aromatic carbocycles. The molecule has 0 aliphatic heterocycles. The Labute approximate surface area is 136 Å². The summed E-state index contributed by atoms with van der Waals surface area (Å²) in [4.78, 5) is 8.49. The second-order valence-corrected chi connectivity index (χ2v) is 6.44. The molecule has 2 aromatic heterocycles. The molecular formula is C17H20Cl2N2. The molecule has 2 heterocycles. The van der Waals surface area contributed by atoms with E-state index in [0.29, 0.717) is 22.0 Å². The highest BCUT2D eigenvalue weighted by Gasteiger charge is 2.13. The minimum Gasteiger partial charge on any atom is -0.261 e. The molecule has 0 amide bonds. The third-order valence-electron chi connectivity index (χ3n) is 3.92. The highest BCUT2D eigenvalue weighted by molar-refractivity contribution is 6.34. The van der Waals surface area contributed by atoms with E-state index < -0.39 is 0 Å². The Morgan fingerprint density at radius 2 is 1.71 bits per heavy atom. The number of rotatable bonds is 5. The monoisotopic (exact) mass is 322 g/mol. The normalized spacial score (nSPS) is 14.0. The van der Waals surface area contributed by atoms with Gasteiger partial charge in [0.05, 0.1) is 0 Å². The van der Waals surface area contributed by atoms with Crippen LogP contribution in [0.1, 0.15) is 55.3 Å². The van der Waals surface area contributed by atoms with Crippen LogP contribution in [0.15, 0.2) is 30.6 Å². The third kappa shape index (κ3) is 4.42. The third-order valence-corrected chi connectivity index (χ3v) is 4.45. The lowest BCUT2D eigenvalue weighted by molar-refractivity contribution is 0.571. The van der Waals surface area contributed by atoms with Gasteiger partial charge in [0.2, 0.25) is 0 Å². The number of hydrogen-bond donors (Lipinski definition) is 0. The predicted octanol–water partition coefficient (Wildman–Crippen LogP) is 5.78. The van der Waals surface area contributed by atoms with Crippen molar-refractivity contribution in [2.24, 2.45) is 0 Å². The van der Waals surface area contributed by atoms with Crippen molar-refractivity contribution in [2.75, 3.05) is 0 Å². The van der Waals surface area contributed by atoms with E-state index in [2.05, 4.69) is 35.9 Å². The first-order chi connectivity index (χ1) is 9.97. The van der Waals surface area contributed by atoms with Gasteiger partial charge in [-0.25, -0.2) is 4.98 Å². The van der Waals surface area contributed by atoms with Crippen molar-refractivity contribution in [2.45, 2.75) is 45.4 Å². The van der Waals surface area contributed by atoms with Crippen LogP contribution in [0.5, 0.6) is 0 Å². The van der Waals surface area contributed by atoms with Crippen LogP contribution in [-0.4, -0.2) is 9.97 Å². The molecule has 112 valence electrons. The van der Waals surface area contributed by atoms with Crippen molar-refractivity contribution in [3.05, 3.63) is 57.6 Å². The molecule has 4 heteroatoms. The molecular weight excluding hydrogens is 303 g/mol. The highest BCUT2D eigenvalue weighted by Crippen LogP contribution is 2.31. The Hall–Kier alpha value is -1.12. The molecule has 0 bridgehead atoms. The summed E-state index contributed by atoms with van der Waals surface area (Å²) in [5.41, 5.74) is 3.40. The lowest BCUT2D eigenvalue weighted by Gasteiger charge is -2.17. The summed E-state index contributed by atoms with van der Waals surface area (Å²) in [6.07, 6.45) is 5.90. The summed E-state index contributed by atoms with van der Waals surface area (Å²) in [7, 11) is 0. The second-order valence-electron chi connectivity index (χ2n) is 5.64. The van der Waals surface area contributed by atoms with Crippen molar-refractivity contribution >= 4 is 23.2 Å². The molecule has 0 spiro atoms. The number of pyridine rings is 2. The summed E-state index contributed by atoms with van der Waals surface area (Å²) in [6, 6.07) is 5.94. The van der Waals surface area contributed by atoms with E-state index in [9.17, 15) is 0 Å². The van der Waals surface area contributed by atoms with Crippen LogP contribution in [0.3, 0.4) is 0 Å². The SMILES string of the molecule is Cc1ccc(C(C)CCC(C)c2cnc(Cl)cc2Cl)cn1. The lowest BCUT2D eigenvalue weighted by Crippen LogP contribution is -2.01. The van der Waals surface area contributed by atoms with Gasteiger partial charge in [-0.1, -0.05) is 43.1 Å². The summed E-state index contributed by atoms with van der Waals surface area (Å²) in [6.45, 7) is 6.42. The number of nitrogens with zero attached hydrogens (tertiary/aromatic N) is 2. The Kier molecular flexibility index (Phi) is 5.60. The van der Waals surface area contributed by atoms with Gasteiger partial charge < -0.3 is 0 Å². The average molecular weight is 323 g/mol. The molecule has 2 unspecified atom stereocenters. The fraction of sp³-hybridized carbons (Fsp3) is 0.412. The van der Waals surface area contributed by atoms with Crippen LogP contribution in [0.25, 0.3) is 0 Å². The lowest BCUT2D eigenvalue weighted by atomic mass is 9.90. The van der Waals surface area contributed by atoms with Crippen LogP contribution in [0.2, 0.25) is 10.2 Å². The Balaban J connectivity index is 1.97. The predicted molar refractivity (Wildman–Crippen MR) is 89.3 cm³/mol. The van der Waals surface area contributed by atoms with Crippen LogP contribution in [-0.2, 0) is 0 Å². The van der Waals surface area contributed by atoms with Gasteiger partial charge >= 0.3 is 0 Å². The maximum Gasteiger partial charge on any atom is 0.130 e. The summed E-state index contributed by atoms with van der Waals surface area (Å²) >= 11 is 12.1. The van der Waals surface area contributed by atoms with Gasteiger partial charge in [-0.2, -0.15) is 0 Å².